The molecule has 0 fully saturated rings. The van der Waals surface area contributed by atoms with Gasteiger partial charge in [-0.15, -0.1) is 0 Å². The zero-order valence-corrected chi connectivity index (χ0v) is 49.2. The predicted octanol–water partition coefficient (Wildman–Crippen LogP) is 20.0. The van der Waals surface area contributed by atoms with Crippen LogP contribution in [0.3, 0.4) is 0 Å². The van der Waals surface area contributed by atoms with E-state index in [1.165, 1.54) is 44.5 Å². The molecule has 0 amide bonds. The van der Waals surface area contributed by atoms with Gasteiger partial charge in [-0.3, -0.25) is 0 Å². The van der Waals surface area contributed by atoms with Crippen molar-refractivity contribution >= 4 is 119 Å². The van der Waals surface area contributed by atoms with E-state index in [2.05, 4.69) is 310 Å². The monoisotopic (exact) mass is 1100 g/mol. The van der Waals surface area contributed by atoms with E-state index in [0.717, 1.165) is 113 Å². The lowest BCUT2D eigenvalue weighted by atomic mass is 10.0. The Morgan fingerprint density at radius 1 is 0.268 bits per heavy atom. The van der Waals surface area contributed by atoms with Crippen LogP contribution >= 0.6 is 6.04 Å². The van der Waals surface area contributed by atoms with Crippen LogP contribution in [0.2, 0.25) is 0 Å². The average Bonchev–Trinajstić information content (AvgIpc) is 0.949. The summed E-state index contributed by atoms with van der Waals surface area (Å²) in [6, 6.07) is 82.1. The number of benzene rings is 11. The molecule has 8 heteroatoms. The molecule has 0 atom stereocenters. The molecular weight excluding hydrogens is 1040 g/mol. The average molecular weight is 1100 g/mol. The van der Waals surface area contributed by atoms with Crippen LogP contribution in [0.15, 0.2) is 231 Å². The van der Waals surface area contributed by atoms with Gasteiger partial charge < -0.3 is 29.2 Å². The van der Waals surface area contributed by atoms with Crippen molar-refractivity contribution in [3.05, 3.63) is 275 Å². The van der Waals surface area contributed by atoms with Crippen LogP contribution in [0.1, 0.15) is 44.5 Å². The molecule has 82 heavy (non-hydrogen) atoms. The lowest BCUT2D eigenvalue weighted by Crippen LogP contribution is -2.45. The third-order valence-electron chi connectivity index (χ3n) is 16.4. The Balaban J connectivity index is 1.14. The van der Waals surface area contributed by atoms with Gasteiger partial charge in [-0.2, -0.15) is 0 Å². The van der Waals surface area contributed by atoms with Gasteiger partial charge in [0.1, 0.15) is 11.5 Å². The van der Waals surface area contributed by atoms with E-state index in [1.807, 2.05) is 0 Å². The number of hydrogen-bond acceptors (Lipinski definition) is 7. The van der Waals surface area contributed by atoms with Gasteiger partial charge >= 0.3 is 0 Å². The van der Waals surface area contributed by atoms with E-state index in [0.29, 0.717) is 0 Å². The SMILES string of the molecule is Cc1ccc(N(c2ccc(C)cc2)c2cc3c4c(c2)N(c2ccc(C)cc2)c2cc(N(c5ccc(C)cc5)c5ccc(C)cc5)cc5c2P4(=S)c2c(cc(N(c4ccc(C)cc4)c4ccc(C)cc4)cc2N5c2ccc(C)cc2)O3)cc1. The Kier molecular flexibility index (Phi) is 12.4. The van der Waals surface area contributed by atoms with E-state index < -0.39 is 6.04 Å². The number of anilines is 15. The normalized spacial score (nSPS) is 13.1. The smallest absolute Gasteiger partial charge is 0.140 e. The Labute approximate surface area is 487 Å². The van der Waals surface area contributed by atoms with E-state index in [9.17, 15) is 0 Å². The molecule has 3 aliphatic heterocycles. The zero-order valence-electron chi connectivity index (χ0n) is 47.4. The lowest BCUT2D eigenvalue weighted by Gasteiger charge is -2.50. The maximum Gasteiger partial charge on any atom is 0.140 e. The van der Waals surface area contributed by atoms with Crippen molar-refractivity contribution in [1.29, 1.82) is 0 Å². The second kappa shape index (κ2) is 19.8. The van der Waals surface area contributed by atoms with Crippen LogP contribution in [-0.2, 0) is 11.8 Å². The van der Waals surface area contributed by atoms with Crippen molar-refractivity contribution < 1.29 is 4.74 Å². The minimum atomic E-state index is -3.07. The van der Waals surface area contributed by atoms with Crippen LogP contribution in [0, 0.1) is 55.4 Å². The molecule has 11 aromatic rings. The molecule has 0 radical (unpaired) electrons. The molecule has 0 N–H and O–H groups in total. The minimum absolute atomic E-state index is 0.760. The van der Waals surface area contributed by atoms with E-state index >= 15 is 0 Å². The Morgan fingerprint density at radius 3 is 0.720 bits per heavy atom. The van der Waals surface area contributed by atoms with E-state index in [-0.39, 0.29) is 0 Å². The van der Waals surface area contributed by atoms with Gasteiger partial charge in [0, 0.05) is 62.9 Å². The summed E-state index contributed by atoms with van der Waals surface area (Å²) >= 11 is 7.84. The molecule has 0 saturated heterocycles. The maximum atomic E-state index is 7.84. The zero-order chi connectivity index (χ0) is 56.1. The van der Waals surface area contributed by atoms with E-state index in [4.69, 9.17) is 16.5 Å². The summed E-state index contributed by atoms with van der Waals surface area (Å²) < 4.78 is 7.77. The number of rotatable bonds is 11. The molecule has 0 aliphatic carbocycles. The lowest BCUT2D eigenvalue weighted by molar-refractivity contribution is 0.489. The summed E-state index contributed by atoms with van der Waals surface area (Å²) in [5.41, 5.74) is 24.9. The third kappa shape index (κ3) is 8.57. The Morgan fingerprint density at radius 2 is 0.476 bits per heavy atom. The first-order valence-corrected chi connectivity index (χ1v) is 31.0. The molecule has 14 rings (SSSR count). The fourth-order valence-electron chi connectivity index (χ4n) is 12.1. The fraction of sp³-hybridized carbons (Fsp3) is 0.108. The van der Waals surface area contributed by atoms with Gasteiger partial charge in [0.15, 0.2) is 0 Å². The van der Waals surface area contributed by atoms with Crippen LogP contribution in [0.25, 0.3) is 0 Å². The maximum absolute atomic E-state index is 7.84. The molecule has 6 nitrogen and oxygen atoms in total. The molecule has 3 heterocycles. The molecule has 0 aromatic heterocycles. The van der Waals surface area contributed by atoms with E-state index in [1.54, 1.807) is 0 Å². The molecule has 0 spiro atoms. The van der Waals surface area contributed by atoms with Crippen LogP contribution in [0.5, 0.6) is 11.5 Å². The van der Waals surface area contributed by atoms with Crippen molar-refractivity contribution in [3.63, 3.8) is 0 Å². The summed E-state index contributed by atoms with van der Waals surface area (Å²) in [5, 5.41) is 3.23. The largest absolute Gasteiger partial charge is 0.456 e. The number of nitrogens with zero attached hydrogens (tertiary/aromatic N) is 5. The summed E-state index contributed by atoms with van der Waals surface area (Å²) in [6.45, 7) is 17.2. The third-order valence-corrected chi connectivity index (χ3v) is 21.3. The highest BCUT2D eigenvalue weighted by molar-refractivity contribution is 8.26. The first kappa shape index (κ1) is 51.0. The van der Waals surface area contributed by atoms with Gasteiger partial charge in [-0.25, -0.2) is 0 Å². The van der Waals surface area contributed by atoms with Gasteiger partial charge in [0.2, 0.25) is 0 Å². The summed E-state index contributed by atoms with van der Waals surface area (Å²) in [7, 11) is 0. The van der Waals surface area contributed by atoms with Gasteiger partial charge in [0.25, 0.3) is 0 Å². The summed E-state index contributed by atoms with van der Waals surface area (Å²) in [6.07, 6.45) is 0. The van der Waals surface area contributed by atoms with Crippen LogP contribution in [0.4, 0.5) is 85.3 Å². The first-order chi connectivity index (χ1) is 39.8. The molecule has 3 aliphatic rings. The van der Waals surface area contributed by atoms with Crippen LogP contribution in [-0.4, -0.2) is 0 Å². The van der Waals surface area contributed by atoms with Crippen molar-refractivity contribution in [3.8, 4) is 11.5 Å². The fourth-order valence-corrected chi connectivity index (χ4v) is 17.2. The molecule has 0 bridgehead atoms. The van der Waals surface area contributed by atoms with Crippen molar-refractivity contribution in [1.82, 2.24) is 0 Å². The molecular formula is C74H62N5OPS. The standard InChI is InChI=1S/C74H62N5OPS/c1-47-9-25-55(26-10-47)75(56-27-11-48(2)12-28-56)63-41-66-72-67(42-63)79(62-39-23-54(8)24-40-62)69-44-65(77(59-33-17-51(5)18-34-59)60-35-19-52(6)20-36-60)46-71-74(69)81(72,82)73-68(78(66)61-37-21-53(7)22-38-61)43-64(45-70(73)80-71)76(57-29-13-49(3)14-30-57)58-31-15-50(4)16-32-58/h9-46H,1-8H3. The molecule has 0 unspecified atom stereocenters. The quantitative estimate of drug-likeness (QED) is 0.119. The summed E-state index contributed by atoms with van der Waals surface area (Å²) in [5.74, 6) is 1.52. The topological polar surface area (TPSA) is 25.4 Å². The highest BCUT2D eigenvalue weighted by Crippen LogP contribution is 2.68. The molecule has 400 valence electrons. The predicted molar refractivity (Wildman–Crippen MR) is 351 cm³/mol. The summed E-state index contributed by atoms with van der Waals surface area (Å²) in [4.78, 5) is 12.1. The first-order valence-electron chi connectivity index (χ1n) is 28.2. The Hall–Kier alpha value is -9.13. The highest BCUT2D eigenvalue weighted by atomic mass is 32.4. The highest BCUT2D eigenvalue weighted by Gasteiger charge is 2.52. The van der Waals surface area contributed by atoms with Crippen molar-refractivity contribution in [2.75, 3.05) is 24.5 Å². The Bertz CT molecular complexity index is 3970. The van der Waals surface area contributed by atoms with Gasteiger partial charge in [-0.1, -0.05) is 153 Å². The molecule has 11 aromatic carbocycles. The van der Waals surface area contributed by atoms with Gasteiger partial charge in [0.05, 0.1) is 56.5 Å². The minimum Gasteiger partial charge on any atom is -0.456 e. The number of hydrogen-bond donors (Lipinski definition) is 0. The van der Waals surface area contributed by atoms with Gasteiger partial charge in [-0.05, 0) is 177 Å². The number of aryl methyl sites for hydroxylation is 8. The van der Waals surface area contributed by atoms with Crippen molar-refractivity contribution in [2.45, 2.75) is 55.4 Å². The second-order valence-electron chi connectivity index (χ2n) is 22.5. The van der Waals surface area contributed by atoms with Crippen LogP contribution < -0.4 is 45.2 Å². The number of ether oxygens (including phenoxy) is 1. The van der Waals surface area contributed by atoms with Crippen molar-refractivity contribution in [2.24, 2.45) is 0 Å². The molecule has 0 saturated carbocycles. The second-order valence-corrected chi connectivity index (χ2v) is 26.7.